The van der Waals surface area contributed by atoms with Crippen LogP contribution in [0.1, 0.15) is 28.2 Å². The van der Waals surface area contributed by atoms with E-state index in [2.05, 4.69) is 33.2 Å². The van der Waals surface area contributed by atoms with Gasteiger partial charge in [-0.3, -0.25) is 4.79 Å². The number of carbonyl (C=O) groups is 1. The van der Waals surface area contributed by atoms with Gasteiger partial charge in [-0.1, -0.05) is 22.9 Å². The summed E-state index contributed by atoms with van der Waals surface area (Å²) in [6.45, 7) is 2.66. The van der Waals surface area contributed by atoms with E-state index in [1.165, 1.54) is 0 Å². The zero-order chi connectivity index (χ0) is 13.0. The molecule has 18 heavy (non-hydrogen) atoms. The van der Waals surface area contributed by atoms with Crippen LogP contribution in [0.15, 0.2) is 40.3 Å². The van der Waals surface area contributed by atoms with Crippen LogP contribution in [-0.2, 0) is 0 Å². The lowest BCUT2D eigenvalue weighted by molar-refractivity contribution is 0.0951. The van der Waals surface area contributed by atoms with Crippen molar-refractivity contribution in [1.82, 2.24) is 10.3 Å². The first kappa shape index (κ1) is 13.2. The van der Waals surface area contributed by atoms with Gasteiger partial charge in [0.05, 0.1) is 5.01 Å². The number of hydrogen-bond donors (Lipinski definition) is 1. The minimum atomic E-state index is -0.0501. The molecule has 0 fully saturated rings. The summed E-state index contributed by atoms with van der Waals surface area (Å²) < 4.78 is 0.968. The zero-order valence-electron chi connectivity index (χ0n) is 9.89. The summed E-state index contributed by atoms with van der Waals surface area (Å²) >= 11 is 4.96. The largest absolute Gasteiger partial charge is 0.351 e. The van der Waals surface area contributed by atoms with Crippen LogP contribution in [-0.4, -0.2) is 17.4 Å². The zero-order valence-corrected chi connectivity index (χ0v) is 12.3. The molecule has 0 saturated carbocycles. The summed E-state index contributed by atoms with van der Waals surface area (Å²) in [5.74, 6) is 0.190. The van der Waals surface area contributed by atoms with Crippen molar-refractivity contribution in [3.05, 3.63) is 50.9 Å². The molecule has 1 amide bonds. The van der Waals surface area contributed by atoms with Crippen LogP contribution in [0, 0.1) is 0 Å². The van der Waals surface area contributed by atoms with Gasteiger partial charge in [-0.05, 0) is 24.3 Å². The standard InChI is InChI=1S/C13H13BrN2OS/c1-9(13-15-6-7-18-13)8-16-12(17)10-2-4-11(14)5-3-10/h2-7,9H,8H2,1H3,(H,16,17). The van der Waals surface area contributed by atoms with Gasteiger partial charge < -0.3 is 5.32 Å². The summed E-state index contributed by atoms with van der Waals surface area (Å²) in [4.78, 5) is 16.1. The Morgan fingerprint density at radius 2 is 2.17 bits per heavy atom. The third-order valence-electron chi connectivity index (χ3n) is 2.55. The number of carbonyl (C=O) groups excluding carboxylic acids is 1. The third-order valence-corrected chi connectivity index (χ3v) is 4.08. The summed E-state index contributed by atoms with van der Waals surface area (Å²) in [7, 11) is 0. The summed E-state index contributed by atoms with van der Waals surface area (Å²) in [6, 6.07) is 7.32. The fourth-order valence-electron chi connectivity index (χ4n) is 1.51. The molecule has 0 saturated heterocycles. The van der Waals surface area contributed by atoms with Gasteiger partial charge in [0, 0.05) is 34.1 Å². The number of nitrogens with one attached hydrogen (secondary N) is 1. The van der Waals surface area contributed by atoms with Crippen LogP contribution in [0.5, 0.6) is 0 Å². The van der Waals surface area contributed by atoms with Gasteiger partial charge >= 0.3 is 0 Å². The van der Waals surface area contributed by atoms with Gasteiger partial charge in [0.2, 0.25) is 0 Å². The van der Waals surface area contributed by atoms with Gasteiger partial charge in [-0.25, -0.2) is 4.98 Å². The van der Waals surface area contributed by atoms with Crippen molar-refractivity contribution >= 4 is 33.2 Å². The Bertz CT molecular complexity index is 510. The van der Waals surface area contributed by atoms with E-state index in [1.807, 2.05) is 17.5 Å². The Kier molecular flexibility index (Phi) is 4.49. The predicted octanol–water partition coefficient (Wildman–Crippen LogP) is 3.44. The molecule has 5 heteroatoms. The number of amides is 1. The van der Waals surface area contributed by atoms with E-state index in [9.17, 15) is 4.79 Å². The van der Waals surface area contributed by atoms with Gasteiger partial charge in [-0.2, -0.15) is 0 Å². The molecule has 0 aliphatic carbocycles. The highest BCUT2D eigenvalue weighted by Gasteiger charge is 2.10. The topological polar surface area (TPSA) is 42.0 Å². The molecule has 2 rings (SSSR count). The second kappa shape index (κ2) is 6.11. The highest BCUT2D eigenvalue weighted by atomic mass is 79.9. The molecule has 0 bridgehead atoms. The Morgan fingerprint density at radius 3 is 2.78 bits per heavy atom. The lowest BCUT2D eigenvalue weighted by Crippen LogP contribution is -2.27. The maximum absolute atomic E-state index is 11.9. The molecule has 0 radical (unpaired) electrons. The molecule has 1 atom stereocenters. The van der Waals surface area contributed by atoms with E-state index < -0.39 is 0 Å². The molecule has 1 unspecified atom stereocenters. The number of benzene rings is 1. The first-order chi connectivity index (χ1) is 8.66. The maximum Gasteiger partial charge on any atom is 0.251 e. The van der Waals surface area contributed by atoms with Crippen LogP contribution in [0.4, 0.5) is 0 Å². The fourth-order valence-corrected chi connectivity index (χ4v) is 2.48. The van der Waals surface area contributed by atoms with E-state index >= 15 is 0 Å². The second-order valence-electron chi connectivity index (χ2n) is 3.99. The molecule has 1 aromatic heterocycles. The molecule has 1 N–H and O–H groups in total. The average molecular weight is 325 g/mol. The van der Waals surface area contributed by atoms with Crippen molar-refractivity contribution in [2.24, 2.45) is 0 Å². The maximum atomic E-state index is 11.9. The van der Waals surface area contributed by atoms with Crippen molar-refractivity contribution in [3.63, 3.8) is 0 Å². The molecule has 3 nitrogen and oxygen atoms in total. The Hall–Kier alpha value is -1.20. The monoisotopic (exact) mass is 324 g/mol. The molecule has 1 heterocycles. The lowest BCUT2D eigenvalue weighted by atomic mass is 10.1. The number of rotatable bonds is 4. The predicted molar refractivity (Wildman–Crippen MR) is 77.0 cm³/mol. The van der Waals surface area contributed by atoms with Crippen molar-refractivity contribution in [2.75, 3.05) is 6.54 Å². The number of hydrogen-bond acceptors (Lipinski definition) is 3. The third kappa shape index (κ3) is 3.40. The van der Waals surface area contributed by atoms with Crippen LogP contribution in [0.2, 0.25) is 0 Å². The van der Waals surface area contributed by atoms with Crippen molar-refractivity contribution < 1.29 is 4.79 Å². The Balaban J connectivity index is 1.90. The summed E-state index contributed by atoms with van der Waals surface area (Å²) in [5.41, 5.74) is 0.671. The minimum absolute atomic E-state index is 0.0501. The normalized spacial score (nSPS) is 12.1. The Labute approximate surface area is 118 Å². The SMILES string of the molecule is CC(CNC(=O)c1ccc(Br)cc1)c1nccs1. The van der Waals surface area contributed by atoms with E-state index in [0.717, 1.165) is 9.48 Å². The molecule has 0 aliphatic rings. The fraction of sp³-hybridized carbons (Fsp3) is 0.231. The van der Waals surface area contributed by atoms with E-state index in [4.69, 9.17) is 0 Å². The molecule has 0 spiro atoms. The van der Waals surface area contributed by atoms with Crippen LogP contribution < -0.4 is 5.32 Å². The molecule has 0 aliphatic heterocycles. The van der Waals surface area contributed by atoms with Gasteiger partial charge in [0.15, 0.2) is 0 Å². The quantitative estimate of drug-likeness (QED) is 0.936. The van der Waals surface area contributed by atoms with Gasteiger partial charge in [0.25, 0.3) is 5.91 Å². The number of aromatic nitrogens is 1. The number of halogens is 1. The van der Waals surface area contributed by atoms with Crippen molar-refractivity contribution in [1.29, 1.82) is 0 Å². The van der Waals surface area contributed by atoms with Gasteiger partial charge in [-0.15, -0.1) is 11.3 Å². The highest BCUT2D eigenvalue weighted by Crippen LogP contribution is 2.16. The number of thiazole rings is 1. The first-order valence-electron chi connectivity index (χ1n) is 5.60. The summed E-state index contributed by atoms with van der Waals surface area (Å²) in [6.07, 6.45) is 1.78. The van der Waals surface area contributed by atoms with Crippen LogP contribution in [0.25, 0.3) is 0 Å². The Morgan fingerprint density at radius 1 is 1.44 bits per heavy atom. The van der Waals surface area contributed by atoms with Crippen molar-refractivity contribution in [2.45, 2.75) is 12.8 Å². The average Bonchev–Trinajstić information content (AvgIpc) is 2.90. The molecule has 2 aromatic rings. The van der Waals surface area contributed by atoms with Crippen LogP contribution in [0.3, 0.4) is 0 Å². The number of nitrogens with zero attached hydrogens (tertiary/aromatic N) is 1. The van der Waals surface area contributed by atoms with E-state index in [1.54, 1.807) is 29.7 Å². The second-order valence-corrected chi connectivity index (χ2v) is 5.83. The molecular weight excluding hydrogens is 312 g/mol. The molecule has 94 valence electrons. The smallest absolute Gasteiger partial charge is 0.251 e. The van der Waals surface area contributed by atoms with Crippen molar-refractivity contribution in [3.8, 4) is 0 Å². The van der Waals surface area contributed by atoms with Crippen LogP contribution >= 0.6 is 27.3 Å². The van der Waals surface area contributed by atoms with Gasteiger partial charge in [0.1, 0.15) is 0 Å². The molecular formula is C13H13BrN2OS. The highest BCUT2D eigenvalue weighted by molar-refractivity contribution is 9.10. The lowest BCUT2D eigenvalue weighted by Gasteiger charge is -2.10. The van der Waals surface area contributed by atoms with E-state index in [0.29, 0.717) is 12.1 Å². The molecule has 1 aromatic carbocycles. The van der Waals surface area contributed by atoms with E-state index in [-0.39, 0.29) is 11.8 Å². The summed E-state index contributed by atoms with van der Waals surface area (Å²) in [5, 5.41) is 5.91. The first-order valence-corrected chi connectivity index (χ1v) is 7.27. The minimum Gasteiger partial charge on any atom is -0.351 e.